The number of benzene rings is 3. The van der Waals surface area contributed by atoms with Crippen molar-refractivity contribution in [1.29, 1.82) is 0 Å². The number of carbonyl (C=O) groups is 5. The zero-order valence-electron chi connectivity index (χ0n) is 34.9. The van der Waals surface area contributed by atoms with Crippen LogP contribution in [0.2, 0.25) is 0 Å². The van der Waals surface area contributed by atoms with E-state index in [1.807, 2.05) is 60.7 Å². The van der Waals surface area contributed by atoms with Crippen LogP contribution in [0.3, 0.4) is 0 Å². The highest BCUT2D eigenvalue weighted by molar-refractivity contribution is 8.20. The highest BCUT2D eigenvalue weighted by Crippen LogP contribution is 2.53. The second kappa shape index (κ2) is 19.5. The summed E-state index contributed by atoms with van der Waals surface area (Å²) in [5, 5.41) is 10.4. The van der Waals surface area contributed by atoms with Crippen molar-refractivity contribution in [2.24, 2.45) is 5.16 Å². The molecule has 1 aromatic heterocycles. The smallest absolute Gasteiger partial charge is 0.407 e. The molecule has 0 aliphatic carbocycles. The zero-order chi connectivity index (χ0) is 44.7. The summed E-state index contributed by atoms with van der Waals surface area (Å²) in [4.78, 5) is 79.2. The summed E-state index contributed by atoms with van der Waals surface area (Å²) in [5.74, 6) is -1.68. The van der Waals surface area contributed by atoms with Crippen molar-refractivity contribution in [1.82, 2.24) is 20.5 Å². The fraction of sp³-hybridized carbons (Fsp3) is 0.372. The van der Waals surface area contributed by atoms with E-state index in [2.05, 4.69) is 20.8 Å². The van der Waals surface area contributed by atoms with Crippen molar-refractivity contribution < 1.29 is 47.8 Å². The van der Waals surface area contributed by atoms with Crippen molar-refractivity contribution in [2.45, 2.75) is 74.0 Å². The number of aromatic nitrogens is 1. The lowest BCUT2D eigenvalue weighted by Crippen LogP contribution is -2.68. The van der Waals surface area contributed by atoms with Crippen LogP contribution in [-0.2, 0) is 44.8 Å². The van der Waals surface area contributed by atoms with Crippen molar-refractivity contribution in [2.75, 3.05) is 31.7 Å². The number of hydrogen-bond acceptors (Lipinski definition) is 16. The maximum atomic E-state index is 14.6. The van der Waals surface area contributed by atoms with Crippen molar-refractivity contribution in [3.05, 3.63) is 113 Å². The average molecular weight is 905 g/mol. The van der Waals surface area contributed by atoms with E-state index < -0.39 is 62.6 Å². The minimum absolute atomic E-state index is 0.0389. The number of thiazole rings is 1. The van der Waals surface area contributed by atoms with Crippen LogP contribution < -0.4 is 21.1 Å². The summed E-state index contributed by atoms with van der Waals surface area (Å²) in [6.07, 6.45) is -1.42. The number of anilines is 1. The van der Waals surface area contributed by atoms with Crippen molar-refractivity contribution in [3.63, 3.8) is 0 Å². The van der Waals surface area contributed by atoms with Gasteiger partial charge in [0.25, 0.3) is 5.91 Å². The number of nitrogens with zero attached hydrogens (tertiary/aromatic N) is 3. The Morgan fingerprint density at radius 2 is 1.63 bits per heavy atom. The standard InChI is InChI=1S/C43H48N6O10S3/c1-41(2,3)58-37(52)42(4,5)59-48-31(30-24-60-39(44)46-30)34(50)47-32-35(51)49-25-43(62-36(32)49,61-22-21-45-40(54)56-23-26-17-19-29(55-6)20-18-26)38(53)57-33(27-13-9-7-10-14-27)28-15-11-8-12-16-28/h7-20,24,32-33,36H,21-23,25H2,1-6H3,(H2,44,46)(H,45,54)(H,47,50)/b48-31-/t32-,36-,43-/m1/s1. The lowest BCUT2D eigenvalue weighted by atomic mass is 10.0. The second-order valence-electron chi connectivity index (χ2n) is 15.6. The molecular formula is C43H48N6O10S3. The molecule has 4 aromatic rings. The minimum Gasteiger partial charge on any atom is -0.497 e. The van der Waals surface area contributed by atoms with E-state index in [-0.39, 0.29) is 42.0 Å². The van der Waals surface area contributed by atoms with E-state index in [1.54, 1.807) is 52.1 Å². The Morgan fingerprint density at radius 1 is 0.984 bits per heavy atom. The molecule has 6 rings (SSSR count). The number of hydrogen-bond donors (Lipinski definition) is 3. The monoisotopic (exact) mass is 904 g/mol. The predicted molar refractivity (Wildman–Crippen MR) is 236 cm³/mol. The molecule has 3 amide bonds. The summed E-state index contributed by atoms with van der Waals surface area (Å²) in [6.45, 7) is 8.11. The predicted octanol–water partition coefficient (Wildman–Crippen LogP) is 5.66. The molecule has 2 fully saturated rings. The number of nitrogens with two attached hydrogens (primary N) is 1. The molecule has 0 radical (unpaired) electrons. The van der Waals surface area contributed by atoms with Gasteiger partial charge < -0.3 is 45.1 Å². The van der Waals surface area contributed by atoms with Crippen LogP contribution in [0.15, 0.2) is 95.5 Å². The Bertz CT molecular complexity index is 2230. The van der Waals surface area contributed by atoms with Crippen LogP contribution in [0, 0.1) is 0 Å². The van der Waals surface area contributed by atoms with Gasteiger partial charge in [0.1, 0.15) is 35.1 Å². The highest BCUT2D eigenvalue weighted by atomic mass is 32.2. The molecule has 16 nitrogen and oxygen atoms in total. The third-order valence-electron chi connectivity index (χ3n) is 9.33. The fourth-order valence-corrected chi connectivity index (χ4v) is 9.81. The van der Waals surface area contributed by atoms with Gasteiger partial charge in [0.15, 0.2) is 21.0 Å². The summed E-state index contributed by atoms with van der Waals surface area (Å²) >= 11 is 3.44. The van der Waals surface area contributed by atoms with Gasteiger partial charge in [0.05, 0.1) is 13.7 Å². The van der Waals surface area contributed by atoms with Crippen LogP contribution in [0.25, 0.3) is 0 Å². The molecule has 4 N–H and O–H groups in total. The van der Waals surface area contributed by atoms with Gasteiger partial charge in [-0.15, -0.1) is 34.9 Å². The van der Waals surface area contributed by atoms with Gasteiger partial charge in [-0.25, -0.2) is 19.4 Å². The van der Waals surface area contributed by atoms with Crippen LogP contribution >= 0.6 is 34.9 Å². The van der Waals surface area contributed by atoms with Gasteiger partial charge in [-0.3, -0.25) is 9.59 Å². The first-order valence-electron chi connectivity index (χ1n) is 19.5. The Labute approximate surface area is 371 Å². The van der Waals surface area contributed by atoms with E-state index in [0.717, 1.165) is 28.0 Å². The Balaban J connectivity index is 1.19. The van der Waals surface area contributed by atoms with E-state index in [0.29, 0.717) is 5.75 Å². The van der Waals surface area contributed by atoms with Crippen LogP contribution in [0.1, 0.15) is 63.1 Å². The number of oxime groups is 1. The molecule has 0 unspecified atom stereocenters. The van der Waals surface area contributed by atoms with Gasteiger partial charge in [-0.1, -0.05) is 78.0 Å². The number of carbonyl (C=O) groups excluding carboxylic acids is 5. The maximum Gasteiger partial charge on any atom is 0.407 e. The van der Waals surface area contributed by atoms with Crippen LogP contribution in [-0.4, -0.2) is 98.1 Å². The van der Waals surface area contributed by atoms with E-state index >= 15 is 0 Å². The number of alkyl carbamates (subject to hydrolysis) is 1. The number of thioether (sulfide) groups is 2. The number of amides is 3. The molecule has 3 heterocycles. The zero-order valence-corrected chi connectivity index (χ0v) is 37.4. The lowest BCUT2D eigenvalue weighted by molar-refractivity contribution is -0.179. The number of ether oxygens (including phenoxy) is 4. The van der Waals surface area contributed by atoms with E-state index in [4.69, 9.17) is 29.5 Å². The SMILES string of the molecule is COc1ccc(COC(=O)NCCS[C@]2(C(=O)OC(c3ccccc3)c3ccccc3)CN3C(=O)[C@@H](NC(=O)/C(=N\OC(C)(C)C(=O)OC(C)(C)C)c4csc(N)n4)[C@H]3S2)cc1. The molecule has 62 heavy (non-hydrogen) atoms. The Morgan fingerprint density at radius 3 is 2.21 bits per heavy atom. The van der Waals surface area contributed by atoms with Gasteiger partial charge >= 0.3 is 18.0 Å². The fourth-order valence-electron chi connectivity index (χ4n) is 6.14. The van der Waals surface area contributed by atoms with Gasteiger partial charge in [0.2, 0.25) is 11.5 Å². The number of rotatable bonds is 17. The molecule has 2 saturated heterocycles. The van der Waals surface area contributed by atoms with Gasteiger partial charge in [-0.05, 0) is 63.4 Å². The minimum atomic E-state index is -1.61. The largest absolute Gasteiger partial charge is 0.497 e. The quantitative estimate of drug-likeness (QED) is 0.0292. The summed E-state index contributed by atoms with van der Waals surface area (Å²) in [5.41, 5.74) is 5.45. The molecular weight excluding hydrogens is 857 g/mol. The average Bonchev–Trinajstić information content (AvgIpc) is 3.84. The number of nitrogen functional groups attached to an aromatic ring is 1. The van der Waals surface area contributed by atoms with Gasteiger partial charge in [-0.2, -0.15) is 0 Å². The van der Waals surface area contributed by atoms with E-state index in [1.165, 1.54) is 47.7 Å². The molecule has 328 valence electrons. The topological polar surface area (TPSA) is 210 Å². The Hall–Kier alpha value is -5.79. The van der Waals surface area contributed by atoms with E-state index in [9.17, 15) is 24.0 Å². The Kier molecular flexibility index (Phi) is 14.4. The number of esters is 2. The van der Waals surface area contributed by atoms with Crippen molar-refractivity contribution in [3.8, 4) is 5.75 Å². The molecule has 2 aliphatic heterocycles. The third-order valence-corrected chi connectivity index (χ3v) is 13.3. The number of methoxy groups -OCH3 is 1. The summed E-state index contributed by atoms with van der Waals surface area (Å²) < 4.78 is 21.0. The first-order valence-corrected chi connectivity index (χ1v) is 22.2. The van der Waals surface area contributed by atoms with Gasteiger partial charge in [0, 0.05) is 17.7 Å². The normalized spacial score (nSPS) is 18.6. The van der Waals surface area contributed by atoms with Crippen molar-refractivity contribution >= 4 is 75.6 Å². The number of β-lactam (4-membered cyclic amide) rings is 1. The summed E-state index contributed by atoms with van der Waals surface area (Å²) in [7, 11) is 1.56. The molecule has 3 atom stereocenters. The summed E-state index contributed by atoms with van der Waals surface area (Å²) in [6, 6.07) is 24.6. The molecule has 3 aromatic carbocycles. The lowest BCUT2D eigenvalue weighted by Gasteiger charge is -2.41. The van der Waals surface area contributed by atoms with Crippen LogP contribution in [0.4, 0.5) is 9.93 Å². The number of nitrogens with one attached hydrogen (secondary N) is 2. The molecule has 2 aliphatic rings. The highest BCUT2D eigenvalue weighted by Gasteiger charge is 2.63. The molecule has 0 saturated carbocycles. The van der Waals surface area contributed by atoms with Crippen LogP contribution in [0.5, 0.6) is 5.75 Å². The first-order chi connectivity index (χ1) is 29.5. The molecule has 0 spiro atoms. The third kappa shape index (κ3) is 11.2. The number of fused-ring (bicyclic) bond motifs is 1. The second-order valence-corrected chi connectivity index (χ2v) is 19.6. The maximum absolute atomic E-state index is 14.6. The molecule has 0 bridgehead atoms. The molecule has 19 heteroatoms. The first kappa shape index (κ1) is 45.7.